The molecule has 0 N–H and O–H groups in total. The van der Waals surface area contributed by atoms with Crippen LogP contribution in [-0.4, -0.2) is 37.0 Å². The molecule has 0 aliphatic rings. The summed E-state index contributed by atoms with van der Waals surface area (Å²) >= 11 is 0. The lowest BCUT2D eigenvalue weighted by Crippen LogP contribution is -2.23. The van der Waals surface area contributed by atoms with Gasteiger partial charge in [-0.05, 0) is 6.42 Å². The van der Waals surface area contributed by atoms with Crippen molar-refractivity contribution in [3.05, 3.63) is 0 Å². The number of rotatable bonds is 5. The molecule has 0 radical (unpaired) electrons. The number of hydrogen-bond donors (Lipinski definition) is 0. The van der Waals surface area contributed by atoms with Gasteiger partial charge in [0.05, 0.1) is 6.42 Å². The third-order valence-electron chi connectivity index (χ3n) is 0.979. The highest BCUT2D eigenvalue weighted by molar-refractivity contribution is 5.75. The van der Waals surface area contributed by atoms with Crippen LogP contribution in [0.15, 0.2) is 0 Å². The van der Waals surface area contributed by atoms with Crippen molar-refractivity contribution < 1.29 is 24.0 Å². The zero-order valence-corrected chi connectivity index (χ0v) is 6.91. The van der Waals surface area contributed by atoms with Gasteiger partial charge in [-0.3, -0.25) is 4.79 Å². The van der Waals surface area contributed by atoms with Gasteiger partial charge in [0.1, 0.15) is 13.8 Å². The van der Waals surface area contributed by atoms with Crippen LogP contribution in [0.1, 0.15) is 12.8 Å². The Kier molecular flexibility index (Phi) is 4.67. The molecule has 0 aliphatic heterocycles. The predicted octanol–water partition coefficient (Wildman–Crippen LogP) is -1.64. The number of aliphatic carboxylic acids is 1. The van der Waals surface area contributed by atoms with Crippen LogP contribution in [0.4, 0.5) is 0 Å². The molecule has 0 bridgehead atoms. The second-order valence-corrected chi connectivity index (χ2v) is 2.37. The van der Waals surface area contributed by atoms with Crippen LogP contribution in [0.2, 0.25) is 0 Å². The molecule has 0 aliphatic carbocycles. The zero-order chi connectivity index (χ0) is 9.56. The molecule has 68 valence electrons. The fourth-order valence-electron chi connectivity index (χ4n) is 0.458. The molecular formula is C7H11NO4. The van der Waals surface area contributed by atoms with Gasteiger partial charge >= 0.3 is 5.97 Å². The lowest BCUT2D eigenvalue weighted by atomic mass is 10.3. The number of esters is 1. The van der Waals surface area contributed by atoms with Crippen LogP contribution in [0.3, 0.4) is 0 Å². The molecule has 0 aromatic heterocycles. The molecule has 12 heavy (non-hydrogen) atoms. The van der Waals surface area contributed by atoms with E-state index in [1.165, 1.54) is 4.58 Å². The molecule has 0 amide bonds. The largest absolute Gasteiger partial charge is 0.550 e. The Balaban J connectivity index is 3.47. The first-order valence-electron chi connectivity index (χ1n) is 3.39. The van der Waals surface area contributed by atoms with Crippen LogP contribution in [0.25, 0.3) is 0 Å². The van der Waals surface area contributed by atoms with Gasteiger partial charge in [0, 0.05) is 5.97 Å². The summed E-state index contributed by atoms with van der Waals surface area (Å²) in [5.74, 6) is -1.82. The fraction of sp³-hybridized carbons (Fsp3) is 0.571. The minimum Gasteiger partial charge on any atom is -0.550 e. The Morgan fingerprint density at radius 1 is 1.50 bits per heavy atom. The summed E-state index contributed by atoms with van der Waals surface area (Å²) in [6.07, 6.45) is -0.462. The van der Waals surface area contributed by atoms with Crippen LogP contribution in [0.5, 0.6) is 0 Å². The Labute approximate surface area is 70.3 Å². The molecule has 0 heterocycles. The van der Waals surface area contributed by atoms with Crippen molar-refractivity contribution in [3.8, 4) is 0 Å². The maximum atomic E-state index is 10.7. The molecule has 0 saturated carbocycles. The summed E-state index contributed by atoms with van der Waals surface area (Å²) in [5, 5.41) is 9.90. The van der Waals surface area contributed by atoms with Gasteiger partial charge in [0.25, 0.3) is 6.73 Å². The molecule has 0 spiro atoms. The van der Waals surface area contributed by atoms with E-state index in [4.69, 9.17) is 0 Å². The van der Waals surface area contributed by atoms with E-state index >= 15 is 0 Å². The number of carbonyl (C=O) groups is 2. The number of nitrogens with zero attached hydrogens (tertiary/aromatic N) is 1. The maximum Gasteiger partial charge on any atom is 0.310 e. The summed E-state index contributed by atoms with van der Waals surface area (Å²) in [5.41, 5.74) is 0. The van der Waals surface area contributed by atoms with E-state index in [0.717, 1.165) is 0 Å². The average molecular weight is 173 g/mol. The van der Waals surface area contributed by atoms with E-state index in [1.54, 1.807) is 7.05 Å². The van der Waals surface area contributed by atoms with E-state index in [9.17, 15) is 14.7 Å². The second-order valence-electron chi connectivity index (χ2n) is 2.37. The summed E-state index contributed by atoms with van der Waals surface area (Å²) < 4.78 is 6.00. The van der Waals surface area contributed by atoms with Crippen LogP contribution in [-0.2, 0) is 14.3 Å². The number of carbonyl (C=O) groups excluding carboxylic acids is 2. The average Bonchev–Trinajstić information content (AvgIpc) is 1.96. The summed E-state index contributed by atoms with van der Waals surface area (Å²) in [6, 6.07) is 0. The minimum atomic E-state index is -1.25. The van der Waals surface area contributed by atoms with Crippen LogP contribution in [0, 0.1) is 0 Å². The molecule has 0 aromatic carbocycles. The van der Waals surface area contributed by atoms with E-state index in [0.29, 0.717) is 0 Å². The number of carboxylic acids is 1. The number of hydrogen-bond acceptors (Lipinski definition) is 4. The van der Waals surface area contributed by atoms with E-state index in [1.807, 2.05) is 0 Å². The summed E-state index contributed by atoms with van der Waals surface area (Å²) in [7, 11) is 1.63. The Hall–Kier alpha value is -1.39. The lowest BCUT2D eigenvalue weighted by Gasteiger charge is -2.01. The summed E-state index contributed by atoms with van der Waals surface area (Å²) in [6.45, 7) is 3.49. The Morgan fingerprint density at radius 3 is 2.50 bits per heavy atom. The van der Waals surface area contributed by atoms with Gasteiger partial charge in [0.15, 0.2) is 0 Å². The number of carboxylic acid groups (broad SMARTS) is 1. The van der Waals surface area contributed by atoms with Crippen molar-refractivity contribution in [2.75, 3.05) is 13.8 Å². The highest BCUT2D eigenvalue weighted by atomic mass is 16.5. The topological polar surface area (TPSA) is 69.4 Å². The first-order valence-corrected chi connectivity index (χ1v) is 3.39. The van der Waals surface area contributed by atoms with Crippen LogP contribution < -0.4 is 5.11 Å². The van der Waals surface area contributed by atoms with E-state index in [2.05, 4.69) is 11.5 Å². The number of ether oxygens (including phenoxy) is 1. The van der Waals surface area contributed by atoms with Gasteiger partial charge in [-0.25, -0.2) is 4.58 Å². The first-order chi connectivity index (χ1) is 5.52. The molecule has 5 heteroatoms. The van der Waals surface area contributed by atoms with Crippen molar-refractivity contribution in [2.24, 2.45) is 0 Å². The maximum absolute atomic E-state index is 10.7. The molecule has 0 fully saturated rings. The monoisotopic (exact) mass is 173 g/mol. The Morgan fingerprint density at radius 2 is 2.08 bits per heavy atom. The van der Waals surface area contributed by atoms with E-state index in [-0.39, 0.29) is 19.6 Å². The van der Waals surface area contributed by atoms with Crippen LogP contribution >= 0.6 is 0 Å². The smallest absolute Gasteiger partial charge is 0.310 e. The molecule has 0 atom stereocenters. The highest BCUT2D eigenvalue weighted by Gasteiger charge is 2.03. The lowest BCUT2D eigenvalue weighted by molar-refractivity contribution is -0.526. The summed E-state index contributed by atoms with van der Waals surface area (Å²) in [4.78, 5) is 20.6. The SMILES string of the molecule is C=[N+](C)COC(=O)CCC(=O)[O-]. The van der Waals surface area contributed by atoms with Crippen molar-refractivity contribution in [3.63, 3.8) is 0 Å². The van der Waals surface area contributed by atoms with Crippen molar-refractivity contribution in [2.45, 2.75) is 12.8 Å². The van der Waals surface area contributed by atoms with Gasteiger partial charge in [-0.15, -0.1) is 0 Å². The van der Waals surface area contributed by atoms with Gasteiger partial charge in [-0.2, -0.15) is 0 Å². The zero-order valence-electron chi connectivity index (χ0n) is 6.91. The third-order valence-corrected chi connectivity index (χ3v) is 0.979. The van der Waals surface area contributed by atoms with Crippen molar-refractivity contribution >= 4 is 18.7 Å². The normalized spacial score (nSPS) is 9.08. The molecule has 0 rings (SSSR count). The van der Waals surface area contributed by atoms with Gasteiger partial charge < -0.3 is 14.6 Å². The molecule has 0 unspecified atom stereocenters. The standard InChI is InChI=1S/C7H11NO4/c1-8(2)5-12-7(11)4-3-6(9)10/h1,3-5H2,2H3. The molecule has 5 nitrogen and oxygen atoms in total. The second kappa shape index (κ2) is 5.29. The molecular weight excluding hydrogens is 162 g/mol. The first kappa shape index (κ1) is 10.6. The van der Waals surface area contributed by atoms with Gasteiger partial charge in [0.2, 0.25) is 0 Å². The van der Waals surface area contributed by atoms with Crippen molar-refractivity contribution in [1.29, 1.82) is 0 Å². The quantitative estimate of drug-likeness (QED) is 0.216. The fourth-order valence-corrected chi connectivity index (χ4v) is 0.458. The van der Waals surface area contributed by atoms with Gasteiger partial charge in [-0.1, -0.05) is 0 Å². The highest BCUT2D eigenvalue weighted by Crippen LogP contribution is 1.90. The minimum absolute atomic E-state index is 0.0614. The van der Waals surface area contributed by atoms with E-state index < -0.39 is 11.9 Å². The predicted molar refractivity (Wildman–Crippen MR) is 38.5 cm³/mol. The Bertz CT molecular complexity index is 180. The van der Waals surface area contributed by atoms with Crippen molar-refractivity contribution in [1.82, 2.24) is 0 Å². The molecule has 0 aromatic rings. The molecule has 0 saturated heterocycles. The third kappa shape index (κ3) is 6.73.